The highest BCUT2D eigenvalue weighted by molar-refractivity contribution is 6.17. The molecule has 0 N–H and O–H groups in total. The smallest absolute Gasteiger partial charge is 0.146 e. The molecule has 0 spiro atoms. The highest BCUT2D eigenvalue weighted by Crippen LogP contribution is 2.43. The zero-order chi connectivity index (χ0) is 34.4. The molecule has 0 aliphatic rings. The molecule has 244 valence electrons. The summed E-state index contributed by atoms with van der Waals surface area (Å²) in [6.45, 7) is 8.82. The van der Waals surface area contributed by atoms with Crippen molar-refractivity contribution in [3.63, 3.8) is 0 Å². The second-order valence-corrected chi connectivity index (χ2v) is 13.6. The first-order valence-electron chi connectivity index (χ1n) is 17.3. The summed E-state index contributed by atoms with van der Waals surface area (Å²) < 4.78 is 10.9. The monoisotopic (exact) mass is 659 g/mol. The lowest BCUT2D eigenvalue weighted by atomic mass is 9.87. The first kappa shape index (κ1) is 29.4. The summed E-state index contributed by atoms with van der Waals surface area (Å²) in [7, 11) is 0. The topological polar surface area (TPSA) is 56.7 Å². The largest absolute Gasteiger partial charge is 0.457 e. The minimum absolute atomic E-state index is 0.741. The van der Waals surface area contributed by atoms with Crippen LogP contribution in [0.1, 0.15) is 22.3 Å². The molecule has 0 radical (unpaired) electrons. The maximum absolute atomic E-state index is 6.63. The van der Waals surface area contributed by atoms with Crippen LogP contribution in [0.4, 0.5) is 0 Å². The first-order chi connectivity index (χ1) is 24.9. The second-order valence-electron chi connectivity index (χ2n) is 13.6. The standard InChI is InChI=1S/C45H33N5O/c1-26-8-5-9-27(2)40(26)30-22-36-34-16-14-32(51-31-13-15-33-35-12-7-17-46-43(35)50-21-19-48-45(50)37(33)24-31)25-38(34)44-47-18-20-49(44)42(36)39(23-30)41-28(3)10-6-11-29(41)4/h5-25H,1-4H3. The van der Waals surface area contributed by atoms with Crippen LogP contribution in [0.5, 0.6) is 11.5 Å². The summed E-state index contributed by atoms with van der Waals surface area (Å²) in [5, 5.41) is 6.51. The van der Waals surface area contributed by atoms with Crippen molar-refractivity contribution in [1.29, 1.82) is 0 Å². The molecule has 5 aromatic carbocycles. The SMILES string of the molecule is Cc1cccc(C)c1-c1cc(-c2c(C)cccc2C)c2c(c1)c1ccc(Oc3ccc4c5cccnc5n5ccnc5c4c3)cc1c1nccn12. The van der Waals surface area contributed by atoms with Gasteiger partial charge in [0, 0.05) is 58.1 Å². The van der Waals surface area contributed by atoms with Gasteiger partial charge in [0.1, 0.15) is 28.4 Å². The highest BCUT2D eigenvalue weighted by Gasteiger charge is 2.20. The van der Waals surface area contributed by atoms with Gasteiger partial charge in [-0.05, 0) is 138 Å². The van der Waals surface area contributed by atoms with Crippen molar-refractivity contribution in [2.45, 2.75) is 27.7 Å². The fraction of sp³-hybridized carbons (Fsp3) is 0.0889. The Kier molecular flexibility index (Phi) is 6.33. The summed E-state index contributed by atoms with van der Waals surface area (Å²) in [5.74, 6) is 1.48. The predicted molar refractivity (Wildman–Crippen MR) is 208 cm³/mol. The molecule has 10 aromatic rings. The molecule has 0 aliphatic carbocycles. The van der Waals surface area contributed by atoms with E-state index in [-0.39, 0.29) is 0 Å². The van der Waals surface area contributed by atoms with Crippen molar-refractivity contribution < 1.29 is 4.74 Å². The number of nitrogens with zero attached hydrogens (tertiary/aromatic N) is 5. The lowest BCUT2D eigenvalue weighted by Crippen LogP contribution is -1.98. The van der Waals surface area contributed by atoms with Crippen LogP contribution in [0, 0.1) is 27.7 Å². The summed E-state index contributed by atoms with van der Waals surface area (Å²) in [5.41, 5.74) is 13.8. The number of aryl methyl sites for hydroxylation is 4. The molecule has 0 atom stereocenters. The third kappa shape index (κ3) is 4.39. The zero-order valence-electron chi connectivity index (χ0n) is 28.8. The van der Waals surface area contributed by atoms with E-state index in [4.69, 9.17) is 9.72 Å². The van der Waals surface area contributed by atoms with E-state index < -0.39 is 0 Å². The maximum atomic E-state index is 6.63. The molecule has 10 rings (SSSR count). The van der Waals surface area contributed by atoms with E-state index in [0.29, 0.717) is 0 Å². The minimum atomic E-state index is 0.741. The van der Waals surface area contributed by atoms with E-state index in [2.05, 4.69) is 133 Å². The number of benzene rings is 5. The number of pyridine rings is 3. The normalized spacial score (nSPS) is 11.9. The Labute approximate surface area is 294 Å². The molecule has 0 fully saturated rings. The predicted octanol–water partition coefficient (Wildman–Crippen LogP) is 11.3. The van der Waals surface area contributed by atoms with Crippen molar-refractivity contribution in [2.24, 2.45) is 0 Å². The Morgan fingerprint density at radius 2 is 1.00 bits per heavy atom. The van der Waals surface area contributed by atoms with Gasteiger partial charge in [-0.15, -0.1) is 0 Å². The zero-order valence-corrected chi connectivity index (χ0v) is 28.8. The summed E-state index contributed by atoms with van der Waals surface area (Å²) in [6, 6.07) is 34.5. The fourth-order valence-electron chi connectivity index (χ4n) is 8.25. The Bertz CT molecular complexity index is 3020. The summed E-state index contributed by atoms with van der Waals surface area (Å²) in [6.07, 6.45) is 9.57. The van der Waals surface area contributed by atoms with E-state index in [9.17, 15) is 0 Å². The summed E-state index contributed by atoms with van der Waals surface area (Å²) in [4.78, 5) is 14.2. The minimum Gasteiger partial charge on any atom is -0.457 e. The van der Waals surface area contributed by atoms with Crippen molar-refractivity contribution in [2.75, 3.05) is 0 Å². The van der Waals surface area contributed by atoms with Gasteiger partial charge in [-0.1, -0.05) is 36.4 Å². The molecule has 0 saturated carbocycles. The number of imidazole rings is 2. The quantitative estimate of drug-likeness (QED) is 0.176. The molecule has 6 nitrogen and oxygen atoms in total. The van der Waals surface area contributed by atoms with E-state index in [1.54, 1.807) is 0 Å². The van der Waals surface area contributed by atoms with Gasteiger partial charge in [0.05, 0.1) is 5.52 Å². The number of hydrogen-bond donors (Lipinski definition) is 0. The lowest BCUT2D eigenvalue weighted by molar-refractivity contribution is 0.484. The third-order valence-electron chi connectivity index (χ3n) is 10.4. The van der Waals surface area contributed by atoms with E-state index >= 15 is 0 Å². The van der Waals surface area contributed by atoms with E-state index in [1.807, 2.05) is 41.3 Å². The highest BCUT2D eigenvalue weighted by atomic mass is 16.5. The Morgan fingerprint density at radius 3 is 1.67 bits per heavy atom. The third-order valence-corrected chi connectivity index (χ3v) is 10.4. The van der Waals surface area contributed by atoms with Crippen LogP contribution in [0.15, 0.2) is 128 Å². The van der Waals surface area contributed by atoms with Gasteiger partial charge in [-0.3, -0.25) is 8.80 Å². The fourth-order valence-corrected chi connectivity index (χ4v) is 8.25. The number of aromatic nitrogens is 5. The van der Waals surface area contributed by atoms with Crippen LogP contribution in [0.3, 0.4) is 0 Å². The lowest BCUT2D eigenvalue weighted by Gasteiger charge is -2.20. The summed E-state index contributed by atoms with van der Waals surface area (Å²) >= 11 is 0. The van der Waals surface area contributed by atoms with Gasteiger partial charge in [0.15, 0.2) is 0 Å². The molecular formula is C45H33N5O. The van der Waals surface area contributed by atoms with Gasteiger partial charge in [0.2, 0.25) is 0 Å². The Hall–Kier alpha value is -6.53. The van der Waals surface area contributed by atoms with Crippen LogP contribution in [-0.2, 0) is 0 Å². The van der Waals surface area contributed by atoms with E-state index in [1.165, 1.54) is 49.9 Å². The Balaban J connectivity index is 1.20. The van der Waals surface area contributed by atoms with Crippen molar-refractivity contribution >= 4 is 54.8 Å². The molecule has 0 amide bonds. The molecule has 0 bridgehead atoms. The van der Waals surface area contributed by atoms with Crippen LogP contribution >= 0.6 is 0 Å². The average Bonchev–Trinajstić information content (AvgIpc) is 3.83. The number of ether oxygens (including phenoxy) is 1. The van der Waals surface area contributed by atoms with Crippen LogP contribution in [0.25, 0.3) is 77.0 Å². The number of fused-ring (bicyclic) bond motifs is 12. The average molecular weight is 660 g/mol. The van der Waals surface area contributed by atoms with Crippen molar-refractivity contribution in [3.8, 4) is 33.8 Å². The molecule has 51 heavy (non-hydrogen) atoms. The van der Waals surface area contributed by atoms with Gasteiger partial charge < -0.3 is 4.74 Å². The molecule has 5 heterocycles. The van der Waals surface area contributed by atoms with Gasteiger partial charge in [0.25, 0.3) is 0 Å². The van der Waals surface area contributed by atoms with Crippen LogP contribution in [-0.4, -0.2) is 23.8 Å². The molecule has 0 saturated heterocycles. The Morgan fingerprint density at radius 1 is 0.451 bits per heavy atom. The van der Waals surface area contributed by atoms with Gasteiger partial charge >= 0.3 is 0 Å². The molecule has 0 aliphatic heterocycles. The van der Waals surface area contributed by atoms with Crippen molar-refractivity contribution in [1.82, 2.24) is 23.8 Å². The van der Waals surface area contributed by atoms with Crippen LogP contribution < -0.4 is 4.74 Å². The molecular weight excluding hydrogens is 627 g/mol. The number of rotatable bonds is 4. The second kappa shape index (κ2) is 11.0. The maximum Gasteiger partial charge on any atom is 0.146 e. The van der Waals surface area contributed by atoms with Gasteiger partial charge in [-0.25, -0.2) is 15.0 Å². The molecule has 5 aromatic heterocycles. The van der Waals surface area contributed by atoms with Crippen molar-refractivity contribution in [3.05, 3.63) is 150 Å². The van der Waals surface area contributed by atoms with E-state index in [0.717, 1.165) is 60.9 Å². The first-order valence-corrected chi connectivity index (χ1v) is 17.3. The van der Waals surface area contributed by atoms with Gasteiger partial charge in [-0.2, -0.15) is 0 Å². The van der Waals surface area contributed by atoms with Crippen LogP contribution in [0.2, 0.25) is 0 Å². The molecule has 0 unspecified atom stereocenters. The molecule has 6 heteroatoms. The number of hydrogen-bond acceptors (Lipinski definition) is 4.